The minimum Gasteiger partial charge on any atom is -0.290 e. The highest BCUT2D eigenvalue weighted by Gasteiger charge is 2.35. The monoisotopic (exact) mass is 336 g/mol. The normalized spacial score (nSPS) is 17.3. The Labute approximate surface area is 140 Å². The van der Waals surface area contributed by atoms with Crippen LogP contribution in [-0.2, 0) is 10.8 Å². The number of hydrogen-bond donors (Lipinski definition) is 0. The Bertz CT molecular complexity index is 1000. The molecule has 0 bridgehead atoms. The summed E-state index contributed by atoms with van der Waals surface area (Å²) >= 11 is 1.69. The maximum absolute atomic E-state index is 13.0. The minimum atomic E-state index is -1.16. The molecule has 23 heavy (non-hydrogen) atoms. The second-order valence-electron chi connectivity index (χ2n) is 5.61. The number of nitrogens with zero attached hydrogens (tertiary/aromatic N) is 2. The molecule has 2 aliphatic rings. The zero-order chi connectivity index (χ0) is 15.6. The van der Waals surface area contributed by atoms with Gasteiger partial charge in [-0.05, 0) is 48.9 Å². The van der Waals surface area contributed by atoms with Gasteiger partial charge >= 0.3 is 0 Å². The first kappa shape index (κ1) is 13.3. The summed E-state index contributed by atoms with van der Waals surface area (Å²) in [6, 6.07) is 16.2. The van der Waals surface area contributed by atoms with E-state index in [0.29, 0.717) is 0 Å². The standard InChI is InChI=1S/C18H12N2OS2/c1-11-7-8-15-12(10-11)20-17-13(4-2-6-16(17)23(15)21)22-14-5-3-9-19-18(14)20/h2-10H,1H3. The van der Waals surface area contributed by atoms with Crippen molar-refractivity contribution in [2.45, 2.75) is 26.5 Å². The van der Waals surface area contributed by atoms with Gasteiger partial charge in [0.2, 0.25) is 0 Å². The molecule has 0 N–H and O–H groups in total. The van der Waals surface area contributed by atoms with E-state index >= 15 is 0 Å². The van der Waals surface area contributed by atoms with Crippen LogP contribution in [0.15, 0.2) is 74.3 Å². The average molecular weight is 336 g/mol. The fourth-order valence-corrected chi connectivity index (χ4v) is 5.60. The summed E-state index contributed by atoms with van der Waals surface area (Å²) in [5.74, 6) is 0.918. The van der Waals surface area contributed by atoms with Gasteiger partial charge in [0.25, 0.3) is 0 Å². The summed E-state index contributed by atoms with van der Waals surface area (Å²) in [6.45, 7) is 2.06. The number of anilines is 3. The van der Waals surface area contributed by atoms with Crippen LogP contribution in [0.4, 0.5) is 17.2 Å². The van der Waals surface area contributed by atoms with Gasteiger partial charge in [-0.25, -0.2) is 9.19 Å². The first-order valence-corrected chi connectivity index (χ1v) is 9.29. The predicted molar refractivity (Wildman–Crippen MR) is 92.5 cm³/mol. The molecular weight excluding hydrogens is 324 g/mol. The molecule has 2 aromatic carbocycles. The molecular formula is C18H12N2OS2. The predicted octanol–water partition coefficient (Wildman–Crippen LogP) is 4.80. The molecule has 0 spiro atoms. The number of fused-ring (bicyclic) bond motifs is 4. The molecule has 0 saturated heterocycles. The number of pyridine rings is 1. The van der Waals surface area contributed by atoms with Gasteiger partial charge in [-0.3, -0.25) is 4.90 Å². The number of aryl methyl sites for hydroxylation is 1. The van der Waals surface area contributed by atoms with Crippen molar-refractivity contribution >= 4 is 39.8 Å². The molecule has 0 radical (unpaired) electrons. The van der Waals surface area contributed by atoms with Gasteiger partial charge in [-0.1, -0.05) is 23.9 Å². The average Bonchev–Trinajstić information content (AvgIpc) is 2.58. The van der Waals surface area contributed by atoms with Crippen LogP contribution in [0.1, 0.15) is 5.56 Å². The topological polar surface area (TPSA) is 33.2 Å². The molecule has 0 saturated carbocycles. The van der Waals surface area contributed by atoms with Crippen LogP contribution >= 0.6 is 11.8 Å². The molecule has 3 aromatic rings. The third-order valence-corrected chi connectivity index (χ3v) is 6.68. The van der Waals surface area contributed by atoms with Gasteiger partial charge in [0, 0.05) is 11.1 Å². The van der Waals surface area contributed by atoms with Crippen LogP contribution in [0.3, 0.4) is 0 Å². The third kappa shape index (κ3) is 1.77. The SMILES string of the molecule is Cc1ccc2c(c1)N1c3ncccc3Sc3cccc(c31)S2=O. The number of rotatable bonds is 0. The summed E-state index contributed by atoms with van der Waals surface area (Å²) in [4.78, 5) is 10.7. The summed E-state index contributed by atoms with van der Waals surface area (Å²) < 4.78 is 13.0. The van der Waals surface area contributed by atoms with E-state index in [2.05, 4.69) is 35.0 Å². The molecule has 0 aliphatic carbocycles. The lowest BCUT2D eigenvalue weighted by molar-refractivity contribution is 0.681. The van der Waals surface area contributed by atoms with Gasteiger partial charge < -0.3 is 0 Å². The number of aromatic nitrogens is 1. The quantitative estimate of drug-likeness (QED) is 0.406. The first-order chi connectivity index (χ1) is 11.2. The van der Waals surface area contributed by atoms with Crippen molar-refractivity contribution in [3.8, 4) is 0 Å². The second-order valence-corrected chi connectivity index (χ2v) is 8.11. The van der Waals surface area contributed by atoms with E-state index in [0.717, 1.165) is 42.3 Å². The van der Waals surface area contributed by atoms with Crippen molar-refractivity contribution in [1.82, 2.24) is 4.98 Å². The molecule has 0 fully saturated rings. The van der Waals surface area contributed by atoms with E-state index in [1.165, 1.54) is 0 Å². The highest BCUT2D eigenvalue weighted by molar-refractivity contribution is 7.99. The van der Waals surface area contributed by atoms with Crippen molar-refractivity contribution in [2.24, 2.45) is 0 Å². The van der Waals surface area contributed by atoms with Crippen molar-refractivity contribution in [3.63, 3.8) is 0 Å². The maximum atomic E-state index is 13.0. The summed E-state index contributed by atoms with van der Waals surface area (Å²) in [5, 5.41) is 0. The Balaban J connectivity index is 1.91. The molecule has 3 nitrogen and oxygen atoms in total. The molecule has 1 unspecified atom stereocenters. The van der Waals surface area contributed by atoms with Crippen LogP contribution in [-0.4, -0.2) is 9.19 Å². The van der Waals surface area contributed by atoms with Crippen molar-refractivity contribution in [1.29, 1.82) is 0 Å². The van der Waals surface area contributed by atoms with Crippen LogP contribution < -0.4 is 4.90 Å². The Morgan fingerprint density at radius 2 is 1.91 bits per heavy atom. The van der Waals surface area contributed by atoms with E-state index in [4.69, 9.17) is 0 Å². The third-order valence-electron chi connectivity index (χ3n) is 4.12. The lowest BCUT2D eigenvalue weighted by atomic mass is 10.1. The van der Waals surface area contributed by atoms with Crippen LogP contribution in [0.5, 0.6) is 0 Å². The van der Waals surface area contributed by atoms with E-state index in [1.807, 2.05) is 36.5 Å². The Morgan fingerprint density at radius 3 is 2.83 bits per heavy atom. The number of benzene rings is 2. The van der Waals surface area contributed by atoms with Crippen LogP contribution in [0.2, 0.25) is 0 Å². The van der Waals surface area contributed by atoms with Gasteiger partial charge in [0.1, 0.15) is 0 Å². The van der Waals surface area contributed by atoms with Crippen molar-refractivity contribution < 1.29 is 4.21 Å². The largest absolute Gasteiger partial charge is 0.290 e. The maximum Gasteiger partial charge on any atom is 0.151 e. The van der Waals surface area contributed by atoms with Crippen LogP contribution in [0.25, 0.3) is 0 Å². The summed E-state index contributed by atoms with van der Waals surface area (Å²) in [6.07, 6.45) is 1.81. The smallest absolute Gasteiger partial charge is 0.151 e. The number of para-hydroxylation sites is 1. The minimum absolute atomic E-state index is 0.851. The molecule has 5 rings (SSSR count). The molecule has 0 amide bonds. The van der Waals surface area contributed by atoms with E-state index in [-0.39, 0.29) is 0 Å². The highest BCUT2D eigenvalue weighted by atomic mass is 32.2. The van der Waals surface area contributed by atoms with Crippen molar-refractivity contribution in [3.05, 3.63) is 60.3 Å². The van der Waals surface area contributed by atoms with E-state index in [9.17, 15) is 4.21 Å². The fraction of sp³-hybridized carbons (Fsp3) is 0.0556. The Hall–Kier alpha value is -2.11. The molecule has 3 heterocycles. The van der Waals surface area contributed by atoms with Gasteiger partial charge in [0.15, 0.2) is 5.82 Å². The zero-order valence-corrected chi connectivity index (χ0v) is 13.9. The second kappa shape index (κ2) is 4.69. The Morgan fingerprint density at radius 1 is 1.04 bits per heavy atom. The molecule has 1 aromatic heterocycles. The fourth-order valence-electron chi connectivity index (χ4n) is 3.12. The lowest BCUT2D eigenvalue weighted by Crippen LogP contribution is -2.23. The molecule has 1 atom stereocenters. The Kier molecular flexibility index (Phi) is 2.72. The summed E-state index contributed by atoms with van der Waals surface area (Å²) in [5.41, 5.74) is 3.14. The van der Waals surface area contributed by atoms with Crippen LogP contribution in [0, 0.1) is 6.92 Å². The van der Waals surface area contributed by atoms with Gasteiger partial charge in [-0.2, -0.15) is 0 Å². The molecule has 112 valence electrons. The van der Waals surface area contributed by atoms with E-state index in [1.54, 1.807) is 11.8 Å². The zero-order valence-electron chi connectivity index (χ0n) is 12.3. The lowest BCUT2D eigenvalue weighted by Gasteiger charge is -2.37. The summed E-state index contributed by atoms with van der Waals surface area (Å²) in [7, 11) is -1.16. The molecule has 2 aliphatic heterocycles. The van der Waals surface area contributed by atoms with E-state index < -0.39 is 10.8 Å². The molecule has 5 heteroatoms. The first-order valence-electron chi connectivity index (χ1n) is 7.32. The van der Waals surface area contributed by atoms with Gasteiger partial charge in [0.05, 0.1) is 36.9 Å². The van der Waals surface area contributed by atoms with Gasteiger partial charge in [-0.15, -0.1) is 0 Å². The number of hydrogen-bond acceptors (Lipinski definition) is 4. The van der Waals surface area contributed by atoms with Crippen molar-refractivity contribution in [2.75, 3.05) is 4.90 Å². The highest BCUT2D eigenvalue weighted by Crippen LogP contribution is 2.56.